The van der Waals surface area contributed by atoms with E-state index in [1.165, 1.54) is 10.6 Å². The zero-order valence-corrected chi connectivity index (χ0v) is 22.9. The van der Waals surface area contributed by atoms with E-state index in [0.29, 0.717) is 21.8 Å². The molecular weight excluding hydrogens is 546 g/mol. The van der Waals surface area contributed by atoms with E-state index in [9.17, 15) is 8.22 Å². The fraction of sp³-hybridized carbons (Fsp3) is 0.0233. The van der Waals surface area contributed by atoms with Crippen molar-refractivity contribution in [1.29, 1.82) is 0 Å². The Labute approximate surface area is 289 Å². The molecule has 0 saturated heterocycles. The van der Waals surface area contributed by atoms with E-state index in [1.807, 2.05) is 0 Å². The third-order valence-corrected chi connectivity index (χ3v) is 8.43. The molecule has 0 bridgehead atoms. The molecule has 0 radical (unpaired) electrons. The summed E-state index contributed by atoms with van der Waals surface area (Å²) in [5, 5.41) is 0.983. The van der Waals surface area contributed by atoms with E-state index in [1.54, 1.807) is 36.4 Å². The molecule has 0 amide bonds. The standard InChI is InChI=1S/C43H27NO/c1-2-12-30(13-3-1)44-39-20-10-6-16-33(39)34-26-28(23-25-40(34)44)29-22-24-38-42(27-29)45-41-21-11-9-19-37(41)43(38)35-17-7-4-14-31(35)32-15-5-8-18-36(32)43/h1-27H/i1D,2D,3D,4D,5D,7D,8D,9D,11D,12D,13D,14D,15D,17D,18D,19D,21D,22D,24D,27D. The molecule has 7 aromatic carbocycles. The average molecular weight is 594 g/mol. The molecule has 1 aromatic heterocycles. The number of fused-ring (bicyclic) bond motifs is 12. The van der Waals surface area contributed by atoms with Gasteiger partial charge < -0.3 is 9.30 Å². The lowest BCUT2D eigenvalue weighted by Gasteiger charge is -2.39. The molecule has 45 heavy (non-hydrogen) atoms. The summed E-state index contributed by atoms with van der Waals surface area (Å²) in [4.78, 5) is 0. The third-order valence-electron chi connectivity index (χ3n) is 8.43. The largest absolute Gasteiger partial charge is 0.457 e. The molecular formula is C43H27NO. The Bertz CT molecular complexity index is 3500. The molecule has 0 fully saturated rings. The maximum absolute atomic E-state index is 9.83. The van der Waals surface area contributed by atoms with Crippen LogP contribution < -0.4 is 4.74 Å². The van der Waals surface area contributed by atoms with E-state index in [4.69, 9.17) is 23.9 Å². The van der Waals surface area contributed by atoms with Crippen LogP contribution in [-0.2, 0) is 5.41 Å². The number of benzene rings is 7. The van der Waals surface area contributed by atoms with Gasteiger partial charge in [0.25, 0.3) is 0 Å². The van der Waals surface area contributed by atoms with Gasteiger partial charge in [-0.1, -0.05) is 121 Å². The second-order valence-electron chi connectivity index (χ2n) is 10.6. The average Bonchev–Trinajstić information content (AvgIpc) is 3.78. The smallest absolute Gasteiger partial charge is 0.132 e. The zero-order chi connectivity index (χ0) is 46.9. The Morgan fingerprint density at radius 1 is 0.511 bits per heavy atom. The van der Waals surface area contributed by atoms with Gasteiger partial charge in [0, 0.05) is 27.6 Å². The summed E-state index contributed by atoms with van der Waals surface area (Å²) in [7, 11) is 0. The molecule has 2 heterocycles. The predicted molar refractivity (Wildman–Crippen MR) is 184 cm³/mol. The predicted octanol–water partition coefficient (Wildman–Crippen LogP) is 10.9. The van der Waals surface area contributed by atoms with Gasteiger partial charge in [0.2, 0.25) is 0 Å². The molecule has 2 nitrogen and oxygen atoms in total. The molecule has 0 saturated carbocycles. The Morgan fingerprint density at radius 3 is 1.96 bits per heavy atom. The van der Waals surface area contributed by atoms with Crippen molar-refractivity contribution in [2.75, 3.05) is 0 Å². The first-order valence-corrected chi connectivity index (χ1v) is 13.9. The maximum atomic E-state index is 9.83. The van der Waals surface area contributed by atoms with Crippen molar-refractivity contribution in [3.05, 3.63) is 186 Å². The van der Waals surface area contributed by atoms with E-state index < -0.39 is 171 Å². The molecule has 1 spiro atoms. The number of aromatic nitrogens is 1. The van der Waals surface area contributed by atoms with Gasteiger partial charge in [-0.2, -0.15) is 0 Å². The van der Waals surface area contributed by atoms with Crippen LogP contribution in [0.5, 0.6) is 11.5 Å². The van der Waals surface area contributed by atoms with Crippen molar-refractivity contribution < 1.29 is 32.2 Å². The lowest BCUT2D eigenvalue weighted by molar-refractivity contribution is 0.436. The van der Waals surface area contributed by atoms with Gasteiger partial charge in [-0.3, -0.25) is 0 Å². The molecule has 10 rings (SSSR count). The Morgan fingerprint density at radius 2 is 1.16 bits per heavy atom. The lowest BCUT2D eigenvalue weighted by atomic mass is 9.66. The highest BCUT2D eigenvalue weighted by molar-refractivity contribution is 6.10. The fourth-order valence-corrected chi connectivity index (χ4v) is 6.65. The first-order chi connectivity index (χ1) is 30.6. The fourth-order valence-electron chi connectivity index (χ4n) is 6.65. The van der Waals surface area contributed by atoms with E-state index in [-0.39, 0.29) is 16.8 Å². The highest BCUT2D eigenvalue weighted by Gasteiger charge is 2.50. The number of para-hydroxylation sites is 3. The monoisotopic (exact) mass is 593 g/mol. The summed E-state index contributed by atoms with van der Waals surface area (Å²) in [6.45, 7) is 0. The first kappa shape index (κ1) is 12.3. The minimum atomic E-state index is -2.63. The molecule has 8 aromatic rings. The number of rotatable bonds is 2. The van der Waals surface area contributed by atoms with Gasteiger partial charge in [-0.15, -0.1) is 0 Å². The quantitative estimate of drug-likeness (QED) is 0.194. The summed E-state index contributed by atoms with van der Waals surface area (Å²) in [6.07, 6.45) is 0. The highest BCUT2D eigenvalue weighted by Crippen LogP contribution is 2.62. The van der Waals surface area contributed by atoms with Gasteiger partial charge >= 0.3 is 0 Å². The van der Waals surface area contributed by atoms with Gasteiger partial charge in [0.15, 0.2) is 0 Å². The van der Waals surface area contributed by atoms with Crippen LogP contribution >= 0.6 is 0 Å². The number of hydrogen-bond acceptors (Lipinski definition) is 1. The van der Waals surface area contributed by atoms with Crippen LogP contribution in [0, 0.1) is 0 Å². The van der Waals surface area contributed by atoms with E-state index in [2.05, 4.69) is 0 Å². The SMILES string of the molecule is [2H]c1c([2H])c([2H])c(-n2c3ccccc3c3cc(-c4c([2H])c([2H])c5c(c4[2H])Oc4c([2H])c([2H])c([2H])c([2H])c4C54c5c([2H])c([2H])c([2H])c([2H])c5-c5c([2H])c([2H])c([2H])c([2H])c54)ccc32)c([2H])c1[2H]. The van der Waals surface area contributed by atoms with E-state index in [0.717, 1.165) is 0 Å². The number of ether oxygens (including phenoxy) is 1. The molecule has 210 valence electrons. The minimum absolute atomic E-state index is 0.130. The molecule has 0 unspecified atom stereocenters. The van der Waals surface area contributed by atoms with Gasteiger partial charge in [0.1, 0.15) is 11.5 Å². The second kappa shape index (κ2) is 9.07. The molecule has 0 atom stereocenters. The van der Waals surface area contributed by atoms with Crippen LogP contribution in [-0.4, -0.2) is 4.57 Å². The van der Waals surface area contributed by atoms with Crippen LogP contribution in [0.25, 0.3) is 49.7 Å². The first-order valence-electron chi connectivity index (χ1n) is 23.9. The number of nitrogens with zero attached hydrogens (tertiary/aromatic N) is 1. The number of hydrogen-bond donors (Lipinski definition) is 0. The van der Waals surface area contributed by atoms with Crippen molar-refractivity contribution in [2.45, 2.75) is 5.41 Å². The second-order valence-corrected chi connectivity index (χ2v) is 10.6. The summed E-state index contributed by atoms with van der Waals surface area (Å²) in [6, 6.07) is -2.77. The van der Waals surface area contributed by atoms with Gasteiger partial charge in [-0.25, -0.2) is 0 Å². The van der Waals surface area contributed by atoms with Crippen LogP contribution in [0.3, 0.4) is 0 Å². The molecule has 0 N–H and O–H groups in total. The van der Waals surface area contributed by atoms with E-state index >= 15 is 0 Å². The summed E-state index contributed by atoms with van der Waals surface area (Å²) in [5.41, 5.74) is -4.92. The lowest BCUT2D eigenvalue weighted by Crippen LogP contribution is -2.32. The topological polar surface area (TPSA) is 14.2 Å². The third kappa shape index (κ3) is 3.23. The van der Waals surface area contributed by atoms with Crippen LogP contribution in [0.15, 0.2) is 163 Å². The van der Waals surface area contributed by atoms with Crippen molar-refractivity contribution in [1.82, 2.24) is 4.57 Å². The van der Waals surface area contributed by atoms with Crippen molar-refractivity contribution in [3.63, 3.8) is 0 Å². The molecule has 1 aliphatic carbocycles. The Hall–Kier alpha value is -5.86. The maximum Gasteiger partial charge on any atom is 0.132 e. The van der Waals surface area contributed by atoms with Crippen molar-refractivity contribution >= 4 is 21.8 Å². The summed E-state index contributed by atoms with van der Waals surface area (Å²) < 4.78 is 187. The summed E-state index contributed by atoms with van der Waals surface area (Å²) >= 11 is 0. The Balaban J connectivity index is 1.36. The molecule has 1 aliphatic heterocycles. The van der Waals surface area contributed by atoms with Crippen LogP contribution in [0.4, 0.5) is 0 Å². The Kier molecular flexibility index (Phi) is 2.47. The summed E-state index contributed by atoms with van der Waals surface area (Å²) in [5.74, 6) is -1.23. The molecule has 2 aliphatic rings. The van der Waals surface area contributed by atoms with Gasteiger partial charge in [0.05, 0.1) is 43.9 Å². The molecule has 2 heteroatoms. The van der Waals surface area contributed by atoms with Crippen LogP contribution in [0.2, 0.25) is 0 Å². The normalized spacial score (nSPS) is 19.9. The van der Waals surface area contributed by atoms with Gasteiger partial charge in [-0.05, 0) is 75.7 Å². The highest BCUT2D eigenvalue weighted by atomic mass is 16.5. The van der Waals surface area contributed by atoms with Crippen LogP contribution in [0.1, 0.15) is 49.7 Å². The zero-order valence-electron chi connectivity index (χ0n) is 42.9. The van der Waals surface area contributed by atoms with Crippen molar-refractivity contribution in [2.24, 2.45) is 0 Å². The van der Waals surface area contributed by atoms with Crippen molar-refractivity contribution in [3.8, 4) is 39.4 Å². The minimum Gasteiger partial charge on any atom is -0.457 e.